The second-order valence-corrected chi connectivity index (χ2v) is 12.0. The van der Waals surface area contributed by atoms with E-state index in [4.69, 9.17) is 14.0 Å². The van der Waals surface area contributed by atoms with Gasteiger partial charge in [-0.25, -0.2) is 4.68 Å². The Kier molecular flexibility index (Phi) is 9.63. The van der Waals surface area contributed by atoms with E-state index >= 15 is 0 Å². The van der Waals surface area contributed by atoms with Crippen LogP contribution in [0.1, 0.15) is 47.6 Å². The number of hydrogen-bond acceptors (Lipinski definition) is 9. The fourth-order valence-corrected chi connectivity index (χ4v) is 5.80. The molecule has 11 nitrogen and oxygen atoms in total. The number of non-ortho nitro benzene ring substituents is 1. The van der Waals surface area contributed by atoms with E-state index in [0.29, 0.717) is 12.2 Å². The van der Waals surface area contributed by atoms with E-state index in [0.717, 1.165) is 70.8 Å². The maximum Gasteiger partial charge on any atom is 0.269 e. The van der Waals surface area contributed by atoms with Gasteiger partial charge >= 0.3 is 0 Å². The van der Waals surface area contributed by atoms with Crippen LogP contribution in [-0.2, 0) is 24.3 Å². The van der Waals surface area contributed by atoms with Gasteiger partial charge in [-0.1, -0.05) is 62.7 Å². The minimum absolute atomic E-state index is 0.115. The largest absolute Gasteiger partial charge is 0.497 e. The molecule has 1 aliphatic heterocycles. The number of nitrogens with zero attached hydrogens (tertiary/aromatic N) is 6. The lowest BCUT2D eigenvalue weighted by Crippen LogP contribution is -2.34. The first kappa shape index (κ1) is 30.6. The zero-order valence-electron chi connectivity index (χ0n) is 24.8. The third kappa shape index (κ3) is 7.83. The van der Waals surface area contributed by atoms with Crippen molar-refractivity contribution in [3.8, 4) is 17.0 Å². The molecule has 3 heterocycles. The lowest BCUT2D eigenvalue weighted by molar-refractivity contribution is -0.384. The molecule has 1 saturated heterocycles. The number of ether oxygens (including phenoxy) is 2. The van der Waals surface area contributed by atoms with E-state index in [-0.39, 0.29) is 29.4 Å². The van der Waals surface area contributed by atoms with Crippen LogP contribution in [0.25, 0.3) is 11.3 Å². The van der Waals surface area contributed by atoms with Crippen LogP contribution in [0.5, 0.6) is 5.75 Å². The van der Waals surface area contributed by atoms with Crippen molar-refractivity contribution in [1.29, 1.82) is 0 Å². The van der Waals surface area contributed by atoms with Gasteiger partial charge in [0, 0.05) is 60.5 Å². The topological polar surface area (TPSA) is 122 Å². The summed E-state index contributed by atoms with van der Waals surface area (Å²) in [6.45, 7) is 2.84. The van der Waals surface area contributed by atoms with Crippen molar-refractivity contribution in [2.75, 3.05) is 20.2 Å². The second-order valence-electron chi connectivity index (χ2n) is 11.1. The quantitative estimate of drug-likeness (QED) is 0.102. The molecule has 2 aromatic heterocycles. The Bertz CT molecular complexity index is 1710. The predicted molar refractivity (Wildman–Crippen MR) is 171 cm³/mol. The average Bonchev–Trinajstić information content (AvgIpc) is 3.74. The molecular weight excluding hydrogens is 640 g/mol. The molecule has 232 valence electrons. The molecular formula is C33H33BrN6O5. The molecule has 0 spiro atoms. The third-order valence-electron chi connectivity index (χ3n) is 8.03. The molecule has 6 rings (SSSR count). The number of hydrogen-bond donors (Lipinski definition) is 0. The summed E-state index contributed by atoms with van der Waals surface area (Å²) in [7, 11) is 1.64. The first-order valence-corrected chi connectivity index (χ1v) is 15.6. The van der Waals surface area contributed by atoms with E-state index in [1.165, 1.54) is 0 Å². The predicted octanol–water partition coefficient (Wildman–Crippen LogP) is 6.95. The number of likely N-dealkylation sites (tertiary alicyclic amines) is 1. The first-order chi connectivity index (χ1) is 21.9. The molecule has 1 aliphatic rings. The van der Waals surface area contributed by atoms with Gasteiger partial charge in [0.05, 0.1) is 29.9 Å². The van der Waals surface area contributed by atoms with Crippen molar-refractivity contribution in [3.05, 3.63) is 122 Å². The second kappa shape index (κ2) is 14.1. The molecule has 1 unspecified atom stereocenters. The Morgan fingerprint density at radius 3 is 2.58 bits per heavy atom. The molecule has 1 atom stereocenters. The van der Waals surface area contributed by atoms with Gasteiger partial charge in [-0.05, 0) is 48.2 Å². The van der Waals surface area contributed by atoms with Crippen LogP contribution in [0, 0.1) is 10.1 Å². The Morgan fingerprint density at radius 2 is 1.84 bits per heavy atom. The highest BCUT2D eigenvalue weighted by Crippen LogP contribution is 2.29. The number of benzene rings is 3. The summed E-state index contributed by atoms with van der Waals surface area (Å²) >= 11 is 3.52. The van der Waals surface area contributed by atoms with Crippen LogP contribution in [0.15, 0.2) is 94.1 Å². The van der Waals surface area contributed by atoms with E-state index in [1.54, 1.807) is 19.2 Å². The van der Waals surface area contributed by atoms with Crippen molar-refractivity contribution >= 4 is 21.6 Å². The number of nitro benzene ring substituents is 1. The smallest absolute Gasteiger partial charge is 0.269 e. The van der Waals surface area contributed by atoms with E-state index in [2.05, 4.69) is 36.3 Å². The molecule has 0 aliphatic carbocycles. The fraction of sp³-hybridized carbons (Fsp3) is 0.303. The highest BCUT2D eigenvalue weighted by molar-refractivity contribution is 9.10. The molecule has 12 heteroatoms. The number of halogens is 1. The van der Waals surface area contributed by atoms with E-state index < -0.39 is 0 Å². The molecule has 0 saturated carbocycles. The minimum Gasteiger partial charge on any atom is -0.497 e. The van der Waals surface area contributed by atoms with Crippen LogP contribution >= 0.6 is 15.9 Å². The summed E-state index contributed by atoms with van der Waals surface area (Å²) in [6, 6.07) is 24.7. The monoisotopic (exact) mass is 672 g/mol. The van der Waals surface area contributed by atoms with Crippen LogP contribution in [0.4, 0.5) is 5.69 Å². The molecule has 3 aromatic carbocycles. The molecule has 1 fully saturated rings. The molecule has 45 heavy (non-hydrogen) atoms. The summed E-state index contributed by atoms with van der Waals surface area (Å²) in [5.41, 5.74) is 4.69. The summed E-state index contributed by atoms with van der Waals surface area (Å²) < 4.78 is 20.3. The zero-order valence-corrected chi connectivity index (χ0v) is 26.4. The highest BCUT2D eigenvalue weighted by Gasteiger charge is 2.23. The zero-order chi connectivity index (χ0) is 31.2. The maximum absolute atomic E-state index is 10.9. The number of nitro groups is 1. The lowest BCUT2D eigenvalue weighted by Gasteiger charge is -2.31. The Hall–Kier alpha value is -4.39. The first-order valence-electron chi connectivity index (χ1n) is 14.8. The minimum atomic E-state index is -0.370. The van der Waals surface area contributed by atoms with Gasteiger partial charge in [-0.2, -0.15) is 0 Å². The van der Waals surface area contributed by atoms with Crippen molar-refractivity contribution < 1.29 is 18.9 Å². The normalized spacial score (nSPS) is 14.8. The number of piperidine rings is 1. The average molecular weight is 674 g/mol. The third-order valence-corrected chi connectivity index (χ3v) is 8.56. The lowest BCUT2D eigenvalue weighted by atomic mass is 10.0. The molecule has 0 bridgehead atoms. The van der Waals surface area contributed by atoms with Crippen molar-refractivity contribution in [1.82, 2.24) is 25.1 Å². The number of methoxy groups -OCH3 is 1. The van der Waals surface area contributed by atoms with Gasteiger partial charge in [-0.15, -0.1) is 5.10 Å². The van der Waals surface area contributed by atoms with Crippen LogP contribution in [0.3, 0.4) is 0 Å². The van der Waals surface area contributed by atoms with Gasteiger partial charge in [0.1, 0.15) is 18.1 Å². The van der Waals surface area contributed by atoms with Gasteiger partial charge in [0.25, 0.3) is 5.69 Å². The molecule has 5 aromatic rings. The molecule has 0 N–H and O–H groups in total. The summed E-state index contributed by atoms with van der Waals surface area (Å²) in [4.78, 5) is 12.9. The van der Waals surface area contributed by atoms with Crippen molar-refractivity contribution in [2.24, 2.45) is 0 Å². The van der Waals surface area contributed by atoms with Gasteiger partial charge in [-0.3, -0.25) is 15.0 Å². The van der Waals surface area contributed by atoms with E-state index in [9.17, 15) is 10.1 Å². The Morgan fingerprint density at radius 1 is 1.07 bits per heavy atom. The Labute approximate surface area is 269 Å². The SMILES string of the molecule is COc1cccc(-c2cc(COC(Cc3cn(C4CCN(Cc5ccc([N+](=O)[O-])cc5)CC4)nn3)c3ccc(Br)cc3)on2)c1. The molecule has 0 amide bonds. The highest BCUT2D eigenvalue weighted by atomic mass is 79.9. The Balaban J connectivity index is 1.07. The fourth-order valence-electron chi connectivity index (χ4n) is 5.53. The van der Waals surface area contributed by atoms with Crippen LogP contribution in [-0.4, -0.2) is 50.2 Å². The maximum atomic E-state index is 10.9. The summed E-state index contributed by atoms with van der Waals surface area (Å²) in [6.07, 6.45) is 4.21. The van der Waals surface area contributed by atoms with Gasteiger partial charge < -0.3 is 14.0 Å². The van der Waals surface area contributed by atoms with Crippen LogP contribution in [0.2, 0.25) is 0 Å². The number of aromatic nitrogens is 4. The van der Waals surface area contributed by atoms with Crippen molar-refractivity contribution in [2.45, 2.75) is 44.6 Å². The summed E-state index contributed by atoms with van der Waals surface area (Å²) in [5.74, 6) is 1.38. The number of rotatable bonds is 12. The van der Waals surface area contributed by atoms with Gasteiger partial charge in [0.15, 0.2) is 5.76 Å². The summed E-state index contributed by atoms with van der Waals surface area (Å²) in [5, 5.41) is 24.2. The molecule has 0 radical (unpaired) electrons. The standard InChI is InChI=1S/C33H33BrN6O5/c1-43-30-4-2-3-25(17-30)32-19-31(45-36-32)22-44-33(24-7-9-26(34)10-8-24)18-27-21-39(37-35-27)28-13-15-38(16-14-28)20-23-5-11-29(12-6-23)40(41)42/h2-12,17,19,21,28,33H,13-16,18,20,22H2,1H3. The van der Waals surface area contributed by atoms with Gasteiger partial charge in [0.2, 0.25) is 0 Å². The van der Waals surface area contributed by atoms with E-state index in [1.807, 2.05) is 77.6 Å². The van der Waals surface area contributed by atoms with Crippen molar-refractivity contribution in [3.63, 3.8) is 0 Å². The van der Waals surface area contributed by atoms with Crippen LogP contribution < -0.4 is 4.74 Å².